The number of carbonyl (C=O) groups is 1. The van der Waals surface area contributed by atoms with Crippen LogP contribution in [0.2, 0.25) is 10.0 Å². The summed E-state index contributed by atoms with van der Waals surface area (Å²) < 4.78 is 0. The summed E-state index contributed by atoms with van der Waals surface area (Å²) in [6, 6.07) is 5.21. The molecule has 1 aliphatic rings. The maximum Gasteiger partial charge on any atom is 0.256 e. The van der Waals surface area contributed by atoms with Gasteiger partial charge in [-0.2, -0.15) is 0 Å². The van der Waals surface area contributed by atoms with Crippen molar-refractivity contribution in [3.05, 3.63) is 33.8 Å². The van der Waals surface area contributed by atoms with Gasteiger partial charge in [0.2, 0.25) is 0 Å². The van der Waals surface area contributed by atoms with Crippen LogP contribution in [0, 0.1) is 5.41 Å². The average Bonchev–Trinajstić information content (AvgIpc) is 2.32. The smallest absolute Gasteiger partial charge is 0.256 e. The van der Waals surface area contributed by atoms with Crippen molar-refractivity contribution in [2.24, 2.45) is 11.1 Å². The Morgan fingerprint density at radius 1 is 1.35 bits per heavy atom. The zero-order valence-electron chi connectivity index (χ0n) is 11.5. The molecule has 1 saturated heterocycles. The molecule has 1 unspecified atom stereocenters. The van der Waals surface area contributed by atoms with E-state index >= 15 is 0 Å². The molecule has 0 spiro atoms. The molecule has 2 N–H and O–H groups in total. The monoisotopic (exact) mass is 336 g/mol. The summed E-state index contributed by atoms with van der Waals surface area (Å²) in [5.41, 5.74) is 6.37. The largest absolute Gasteiger partial charge is 0.338 e. The average molecular weight is 338 g/mol. The molecule has 0 saturated carbocycles. The second-order valence-corrected chi connectivity index (χ2v) is 6.52. The highest BCUT2D eigenvalue weighted by Gasteiger charge is 2.36. The Kier molecular flexibility index (Phi) is 5.73. The van der Waals surface area contributed by atoms with Crippen molar-refractivity contribution in [1.82, 2.24) is 4.90 Å². The van der Waals surface area contributed by atoms with Crippen molar-refractivity contribution in [1.29, 1.82) is 0 Å². The molecule has 1 heterocycles. The molecule has 112 valence electrons. The topological polar surface area (TPSA) is 46.3 Å². The minimum atomic E-state index is -0.115. The molecule has 0 radical (unpaired) electrons. The second-order valence-electron chi connectivity index (χ2n) is 5.71. The number of hydrogen-bond donors (Lipinski definition) is 1. The number of hydrogen-bond acceptors (Lipinski definition) is 2. The highest BCUT2D eigenvalue weighted by molar-refractivity contribution is 6.39. The summed E-state index contributed by atoms with van der Waals surface area (Å²) in [7, 11) is 0. The Morgan fingerprint density at radius 3 is 2.40 bits per heavy atom. The van der Waals surface area contributed by atoms with Gasteiger partial charge in [-0.15, -0.1) is 12.4 Å². The quantitative estimate of drug-likeness (QED) is 0.851. The Labute approximate surface area is 135 Å². The van der Waals surface area contributed by atoms with Gasteiger partial charge in [0.05, 0.1) is 15.6 Å². The summed E-state index contributed by atoms with van der Waals surface area (Å²) >= 11 is 12.2. The van der Waals surface area contributed by atoms with Gasteiger partial charge in [0.1, 0.15) is 0 Å². The molecule has 1 fully saturated rings. The highest BCUT2D eigenvalue weighted by Crippen LogP contribution is 2.31. The maximum atomic E-state index is 12.6. The molecule has 2 rings (SSSR count). The molecule has 6 heteroatoms. The van der Waals surface area contributed by atoms with E-state index in [4.69, 9.17) is 28.9 Å². The lowest BCUT2D eigenvalue weighted by atomic mass is 9.79. The fourth-order valence-electron chi connectivity index (χ4n) is 2.41. The van der Waals surface area contributed by atoms with Gasteiger partial charge in [-0.25, -0.2) is 0 Å². The van der Waals surface area contributed by atoms with E-state index in [1.807, 2.05) is 0 Å². The van der Waals surface area contributed by atoms with Crippen LogP contribution in [-0.2, 0) is 0 Å². The molecule has 1 atom stereocenters. The van der Waals surface area contributed by atoms with Gasteiger partial charge in [-0.05, 0) is 24.0 Å². The second kappa shape index (κ2) is 6.52. The van der Waals surface area contributed by atoms with Crippen LogP contribution >= 0.6 is 35.6 Å². The predicted molar refractivity (Wildman–Crippen MR) is 86.0 cm³/mol. The van der Waals surface area contributed by atoms with Crippen molar-refractivity contribution < 1.29 is 4.79 Å². The summed E-state index contributed by atoms with van der Waals surface area (Å²) in [4.78, 5) is 14.3. The molecular weight excluding hydrogens is 319 g/mol. The van der Waals surface area contributed by atoms with Gasteiger partial charge < -0.3 is 10.6 Å². The van der Waals surface area contributed by atoms with Crippen molar-refractivity contribution in [2.45, 2.75) is 26.3 Å². The minimum absolute atomic E-state index is 0. The van der Waals surface area contributed by atoms with Gasteiger partial charge in [0, 0.05) is 19.1 Å². The first-order valence-corrected chi connectivity index (χ1v) is 7.07. The normalized spacial score (nSPS) is 21.2. The summed E-state index contributed by atoms with van der Waals surface area (Å²) in [5.74, 6) is -0.115. The molecule has 0 aromatic heterocycles. The van der Waals surface area contributed by atoms with Crippen LogP contribution in [0.5, 0.6) is 0 Å². The van der Waals surface area contributed by atoms with E-state index in [1.54, 1.807) is 23.1 Å². The zero-order valence-corrected chi connectivity index (χ0v) is 13.9. The third-order valence-electron chi connectivity index (χ3n) is 3.78. The number of halogens is 3. The van der Waals surface area contributed by atoms with Crippen molar-refractivity contribution in [3.63, 3.8) is 0 Å². The summed E-state index contributed by atoms with van der Waals surface area (Å²) in [6.45, 7) is 5.41. The molecule has 0 bridgehead atoms. The van der Waals surface area contributed by atoms with Crippen LogP contribution in [0.4, 0.5) is 0 Å². The third kappa shape index (κ3) is 3.40. The van der Waals surface area contributed by atoms with E-state index in [1.165, 1.54) is 0 Å². The Hall–Kier alpha value is -0.480. The number of amides is 1. The first-order valence-electron chi connectivity index (χ1n) is 6.32. The first-order chi connectivity index (χ1) is 8.83. The molecule has 1 aromatic carbocycles. The van der Waals surface area contributed by atoms with Crippen molar-refractivity contribution in [3.8, 4) is 0 Å². The van der Waals surface area contributed by atoms with Crippen LogP contribution in [0.25, 0.3) is 0 Å². The molecule has 20 heavy (non-hydrogen) atoms. The van der Waals surface area contributed by atoms with Crippen LogP contribution in [0.15, 0.2) is 18.2 Å². The molecule has 1 amide bonds. The van der Waals surface area contributed by atoms with E-state index in [9.17, 15) is 4.79 Å². The number of rotatable bonds is 1. The standard InChI is InChI=1S/C14H18Cl2N2O.ClH/c1-14(2)8-18(7-6-11(14)17)13(19)12-9(15)4-3-5-10(12)16;/h3-5,11H,6-8,17H2,1-2H3;1H. The zero-order chi connectivity index (χ0) is 14.2. The Morgan fingerprint density at radius 2 is 1.90 bits per heavy atom. The van der Waals surface area contributed by atoms with E-state index in [-0.39, 0.29) is 29.8 Å². The summed E-state index contributed by atoms with van der Waals surface area (Å²) in [6.07, 6.45) is 0.792. The number of nitrogens with zero attached hydrogens (tertiary/aromatic N) is 1. The van der Waals surface area contributed by atoms with Gasteiger partial charge in [-0.3, -0.25) is 4.79 Å². The third-order valence-corrected chi connectivity index (χ3v) is 4.41. The fourth-order valence-corrected chi connectivity index (χ4v) is 2.97. The summed E-state index contributed by atoms with van der Waals surface area (Å²) in [5, 5.41) is 0.787. The van der Waals surface area contributed by atoms with E-state index < -0.39 is 0 Å². The van der Waals surface area contributed by atoms with Crippen molar-refractivity contribution in [2.75, 3.05) is 13.1 Å². The predicted octanol–water partition coefficient (Wildman–Crippen LogP) is 3.61. The van der Waals surface area contributed by atoms with E-state index in [2.05, 4.69) is 13.8 Å². The van der Waals surface area contributed by atoms with Crippen LogP contribution < -0.4 is 5.73 Å². The van der Waals surface area contributed by atoms with Gasteiger partial charge in [0.15, 0.2) is 0 Å². The number of nitrogens with two attached hydrogens (primary N) is 1. The fraction of sp³-hybridized carbons (Fsp3) is 0.500. The molecule has 0 aliphatic carbocycles. The molecule has 3 nitrogen and oxygen atoms in total. The molecule has 1 aromatic rings. The SMILES string of the molecule is CC1(C)CN(C(=O)c2c(Cl)cccc2Cl)CCC1N.Cl. The van der Waals surface area contributed by atoms with E-state index in [0.29, 0.717) is 28.7 Å². The van der Waals surface area contributed by atoms with Gasteiger partial charge in [0.25, 0.3) is 5.91 Å². The lowest BCUT2D eigenvalue weighted by Crippen LogP contribution is -2.54. The van der Waals surface area contributed by atoms with Gasteiger partial charge in [-0.1, -0.05) is 43.1 Å². The Bertz CT molecular complexity index is 485. The first kappa shape index (κ1) is 17.6. The van der Waals surface area contributed by atoms with Crippen LogP contribution in [-0.4, -0.2) is 29.9 Å². The molecule has 1 aliphatic heterocycles. The van der Waals surface area contributed by atoms with Gasteiger partial charge >= 0.3 is 0 Å². The maximum absolute atomic E-state index is 12.6. The van der Waals surface area contributed by atoms with E-state index in [0.717, 1.165) is 6.42 Å². The number of piperidine rings is 1. The lowest BCUT2D eigenvalue weighted by Gasteiger charge is -2.42. The van der Waals surface area contributed by atoms with Crippen LogP contribution in [0.3, 0.4) is 0 Å². The van der Waals surface area contributed by atoms with Crippen molar-refractivity contribution >= 4 is 41.5 Å². The highest BCUT2D eigenvalue weighted by atomic mass is 35.5. The Balaban J connectivity index is 0.00000200. The lowest BCUT2D eigenvalue weighted by molar-refractivity contribution is 0.0533. The number of carbonyl (C=O) groups excluding carboxylic acids is 1. The van der Waals surface area contributed by atoms with Crippen LogP contribution in [0.1, 0.15) is 30.6 Å². The minimum Gasteiger partial charge on any atom is -0.338 e. The number of benzene rings is 1. The number of likely N-dealkylation sites (tertiary alicyclic amines) is 1. The molecular formula is C14H19Cl3N2O.